The number of hydrogen-bond donors (Lipinski definition) is 5. The number of amides is 3. The van der Waals surface area contributed by atoms with Gasteiger partial charge in [-0.3, -0.25) is 14.4 Å². The molecule has 0 aromatic carbocycles. The van der Waals surface area contributed by atoms with E-state index < -0.39 is 0 Å². The van der Waals surface area contributed by atoms with E-state index in [1.165, 1.54) is 18.7 Å². The summed E-state index contributed by atoms with van der Waals surface area (Å²) in [7, 11) is 0. The number of nitrogens with one attached hydrogen (secondary N) is 4. The number of carbonyl (C=O) groups is 3. The fraction of sp³-hybridized carbons (Fsp3) is 0.812. The molecule has 0 radical (unpaired) electrons. The number of thioether (sulfide) groups is 1. The van der Waals surface area contributed by atoms with Crippen LogP contribution in [0.15, 0.2) is 0 Å². The second kappa shape index (κ2) is 20.3. The molecule has 0 saturated heterocycles. The van der Waals surface area contributed by atoms with Crippen molar-refractivity contribution in [3.63, 3.8) is 0 Å². The number of unbranched alkanes of at least 4 members (excludes halogenated alkanes) is 1. The highest BCUT2D eigenvalue weighted by atomic mass is 35.5. The molecule has 0 unspecified atom stereocenters. The van der Waals surface area contributed by atoms with Gasteiger partial charge in [-0.2, -0.15) is 11.8 Å². The van der Waals surface area contributed by atoms with E-state index in [1.807, 2.05) is 0 Å². The van der Waals surface area contributed by atoms with Crippen LogP contribution in [0.1, 0.15) is 32.6 Å². The summed E-state index contributed by atoms with van der Waals surface area (Å²) in [5.74, 6) is 0.855. The first-order valence-electron chi connectivity index (χ1n) is 8.82. The van der Waals surface area contributed by atoms with Crippen molar-refractivity contribution in [3.05, 3.63) is 0 Å². The maximum Gasteiger partial charge on any atom is 0.229 e. The molecular formula is C16H34ClN5O3S. The molecule has 0 heterocycles. The average molecular weight is 412 g/mol. The Labute approximate surface area is 167 Å². The predicted octanol–water partition coefficient (Wildman–Crippen LogP) is -0.381. The van der Waals surface area contributed by atoms with E-state index in [2.05, 4.69) is 21.3 Å². The molecule has 0 bridgehead atoms. The normalized spacial score (nSPS) is 9.92. The van der Waals surface area contributed by atoms with Gasteiger partial charge in [0.1, 0.15) is 0 Å². The molecule has 10 heteroatoms. The molecule has 0 fully saturated rings. The molecule has 0 saturated carbocycles. The maximum atomic E-state index is 11.6. The first-order valence-corrected chi connectivity index (χ1v) is 9.98. The molecule has 0 spiro atoms. The van der Waals surface area contributed by atoms with Crippen molar-refractivity contribution in [1.29, 1.82) is 0 Å². The lowest BCUT2D eigenvalue weighted by atomic mass is 10.3. The summed E-state index contributed by atoms with van der Waals surface area (Å²) >= 11 is 1.49. The van der Waals surface area contributed by atoms with Crippen molar-refractivity contribution >= 4 is 41.9 Å². The molecule has 3 amide bonds. The summed E-state index contributed by atoms with van der Waals surface area (Å²) in [4.78, 5) is 33.7. The van der Waals surface area contributed by atoms with Crippen LogP contribution in [-0.4, -0.2) is 68.5 Å². The molecule has 0 rings (SSSR count). The average Bonchev–Trinajstić information content (AvgIpc) is 2.56. The molecule has 0 aliphatic carbocycles. The van der Waals surface area contributed by atoms with Crippen LogP contribution in [0.3, 0.4) is 0 Å². The summed E-state index contributed by atoms with van der Waals surface area (Å²) < 4.78 is 0. The zero-order valence-corrected chi connectivity index (χ0v) is 17.2. The second-order valence-electron chi connectivity index (χ2n) is 5.58. The Hall–Kier alpha value is -1.03. The van der Waals surface area contributed by atoms with Crippen LogP contribution < -0.4 is 27.0 Å². The lowest BCUT2D eigenvalue weighted by Crippen LogP contribution is -2.31. The summed E-state index contributed by atoms with van der Waals surface area (Å²) in [6, 6.07) is 0. The lowest BCUT2D eigenvalue weighted by molar-refractivity contribution is -0.121. The molecule has 8 nitrogen and oxygen atoms in total. The van der Waals surface area contributed by atoms with Gasteiger partial charge in [0.15, 0.2) is 0 Å². The maximum absolute atomic E-state index is 11.6. The Morgan fingerprint density at radius 3 is 2.23 bits per heavy atom. The lowest BCUT2D eigenvalue weighted by Gasteiger charge is -2.07. The Morgan fingerprint density at radius 2 is 1.54 bits per heavy atom. The largest absolute Gasteiger partial charge is 0.356 e. The van der Waals surface area contributed by atoms with Crippen LogP contribution in [0, 0.1) is 0 Å². The molecule has 0 aliphatic heterocycles. The Kier molecular flexibility index (Phi) is 21.2. The summed E-state index contributed by atoms with van der Waals surface area (Å²) in [6.45, 7) is 5.54. The number of nitrogens with two attached hydrogens (primary N) is 1. The molecule has 0 aromatic heterocycles. The highest BCUT2D eigenvalue weighted by Gasteiger charge is 2.03. The molecule has 154 valence electrons. The molecule has 6 N–H and O–H groups in total. The highest BCUT2D eigenvalue weighted by Crippen LogP contribution is 1.97. The minimum atomic E-state index is -0.142. The van der Waals surface area contributed by atoms with Crippen molar-refractivity contribution in [2.75, 3.05) is 50.8 Å². The zero-order valence-electron chi connectivity index (χ0n) is 15.6. The zero-order chi connectivity index (χ0) is 18.8. The van der Waals surface area contributed by atoms with E-state index >= 15 is 0 Å². The smallest absolute Gasteiger partial charge is 0.229 e. The van der Waals surface area contributed by atoms with Crippen LogP contribution in [0.25, 0.3) is 0 Å². The second-order valence-corrected chi connectivity index (χ2v) is 6.69. The minimum absolute atomic E-state index is 0. The van der Waals surface area contributed by atoms with Crippen molar-refractivity contribution < 1.29 is 14.4 Å². The van der Waals surface area contributed by atoms with E-state index in [9.17, 15) is 14.4 Å². The summed E-state index contributed by atoms with van der Waals surface area (Å²) in [5.41, 5.74) is 5.42. The van der Waals surface area contributed by atoms with Crippen molar-refractivity contribution in [2.24, 2.45) is 5.73 Å². The van der Waals surface area contributed by atoms with E-state index in [0.29, 0.717) is 31.1 Å². The van der Waals surface area contributed by atoms with Crippen LogP contribution in [0.2, 0.25) is 0 Å². The van der Waals surface area contributed by atoms with Crippen LogP contribution in [-0.2, 0) is 14.4 Å². The van der Waals surface area contributed by atoms with Crippen LogP contribution in [0.4, 0.5) is 0 Å². The Balaban J connectivity index is 0. The van der Waals surface area contributed by atoms with E-state index in [0.717, 1.165) is 38.9 Å². The van der Waals surface area contributed by atoms with Crippen LogP contribution in [0.5, 0.6) is 0 Å². The molecule has 0 aliphatic rings. The van der Waals surface area contributed by atoms with Gasteiger partial charge in [0.25, 0.3) is 0 Å². The van der Waals surface area contributed by atoms with Crippen LogP contribution >= 0.6 is 24.2 Å². The van der Waals surface area contributed by atoms with E-state index in [-0.39, 0.29) is 36.5 Å². The van der Waals surface area contributed by atoms with Crippen molar-refractivity contribution in [2.45, 2.75) is 32.6 Å². The Morgan fingerprint density at radius 1 is 0.846 bits per heavy atom. The van der Waals surface area contributed by atoms with Gasteiger partial charge in [-0.15, -0.1) is 12.4 Å². The third-order valence-corrected chi connectivity index (χ3v) is 4.15. The molecule has 0 aromatic rings. The fourth-order valence-corrected chi connectivity index (χ4v) is 2.56. The van der Waals surface area contributed by atoms with Gasteiger partial charge >= 0.3 is 0 Å². The molecule has 26 heavy (non-hydrogen) atoms. The number of rotatable bonds is 16. The minimum Gasteiger partial charge on any atom is -0.356 e. The third kappa shape index (κ3) is 21.0. The monoisotopic (exact) mass is 411 g/mol. The summed E-state index contributed by atoms with van der Waals surface area (Å²) in [5, 5.41) is 11.5. The van der Waals surface area contributed by atoms with Gasteiger partial charge in [0.05, 0.1) is 5.75 Å². The Bertz CT molecular complexity index is 389. The third-order valence-electron chi connectivity index (χ3n) is 3.19. The number of carbonyl (C=O) groups excluding carboxylic acids is 3. The van der Waals surface area contributed by atoms with Gasteiger partial charge < -0.3 is 27.0 Å². The van der Waals surface area contributed by atoms with Gasteiger partial charge in [-0.25, -0.2) is 0 Å². The van der Waals surface area contributed by atoms with Gasteiger partial charge in [-0.1, -0.05) is 0 Å². The summed E-state index contributed by atoms with van der Waals surface area (Å²) in [6.07, 6.45) is 3.30. The SMILES string of the molecule is CC(=O)NCCC(=O)NCCSCC(=O)NCCCNCCCCN.Cl. The molecular weight excluding hydrogens is 378 g/mol. The molecule has 0 atom stereocenters. The predicted molar refractivity (Wildman–Crippen MR) is 110 cm³/mol. The van der Waals surface area contributed by atoms with E-state index in [4.69, 9.17) is 5.73 Å². The van der Waals surface area contributed by atoms with Gasteiger partial charge in [-0.05, 0) is 38.9 Å². The first-order chi connectivity index (χ1) is 12.1. The fourth-order valence-electron chi connectivity index (χ4n) is 1.88. The number of halogens is 1. The van der Waals surface area contributed by atoms with Crippen molar-refractivity contribution in [1.82, 2.24) is 21.3 Å². The van der Waals surface area contributed by atoms with Crippen molar-refractivity contribution in [3.8, 4) is 0 Å². The standard InChI is InChI=1S/C16H33N5O3S.ClH/c1-14(22)19-10-5-15(23)21-11-12-25-13-16(24)20-9-4-8-18-7-3-2-6-17;/h18H,2-13,17H2,1H3,(H,19,22)(H,20,24)(H,21,23);1H. The first kappa shape index (κ1) is 27.2. The van der Waals surface area contributed by atoms with Gasteiger partial charge in [0.2, 0.25) is 17.7 Å². The number of hydrogen-bond acceptors (Lipinski definition) is 6. The topological polar surface area (TPSA) is 125 Å². The highest BCUT2D eigenvalue weighted by molar-refractivity contribution is 7.99. The quantitative estimate of drug-likeness (QED) is 0.220. The van der Waals surface area contributed by atoms with E-state index in [1.54, 1.807) is 0 Å². The van der Waals surface area contributed by atoms with Gasteiger partial charge in [0, 0.05) is 38.7 Å².